The maximum atomic E-state index is 10.2. The average Bonchev–Trinajstić information content (AvgIpc) is 3.23. The number of benzene rings is 1. The van der Waals surface area contributed by atoms with Gasteiger partial charge in [0.1, 0.15) is 5.75 Å². The third kappa shape index (κ3) is 2.61. The van der Waals surface area contributed by atoms with Crippen LogP contribution in [0.2, 0.25) is 0 Å². The van der Waals surface area contributed by atoms with Gasteiger partial charge in [0.05, 0.1) is 38.1 Å². The second kappa shape index (κ2) is 4.62. The van der Waals surface area contributed by atoms with Crippen LogP contribution < -0.4 is 5.73 Å². The van der Waals surface area contributed by atoms with Gasteiger partial charge in [-0.05, 0) is 11.1 Å². The molecule has 0 amide bonds. The lowest BCUT2D eigenvalue weighted by atomic mass is 9.90. The van der Waals surface area contributed by atoms with E-state index in [9.17, 15) is 5.11 Å². The summed E-state index contributed by atoms with van der Waals surface area (Å²) in [5, 5.41) is 10.2. The van der Waals surface area contributed by atoms with Gasteiger partial charge in [-0.2, -0.15) is 0 Å². The quantitative estimate of drug-likeness (QED) is 0.593. The molecule has 0 aliphatic carbocycles. The molecule has 1 aromatic rings. The predicted octanol–water partition coefficient (Wildman–Crippen LogP) is 0.798. The summed E-state index contributed by atoms with van der Waals surface area (Å²) in [6.45, 7) is 2.39. The van der Waals surface area contributed by atoms with Crippen LogP contribution in [0.15, 0.2) is 6.07 Å². The molecule has 5 heteroatoms. The Kier molecular flexibility index (Phi) is 2.87. The summed E-state index contributed by atoms with van der Waals surface area (Å²) in [7, 11) is 0. The molecule has 3 aliphatic heterocycles. The molecule has 3 unspecified atom stereocenters. The van der Waals surface area contributed by atoms with Crippen molar-refractivity contribution in [3.8, 4) is 5.75 Å². The Hall–Kier alpha value is -1.30. The van der Waals surface area contributed by atoms with Gasteiger partial charge < -0.3 is 25.1 Å². The molecule has 3 fully saturated rings. The molecule has 3 aliphatic rings. The third-order valence-electron chi connectivity index (χ3n) is 4.18. The summed E-state index contributed by atoms with van der Waals surface area (Å²) in [6, 6.07) is 1.67. The lowest BCUT2D eigenvalue weighted by Gasteiger charge is -2.17. The monoisotopic (exact) mass is 277 g/mol. The molecular formula is C15H19NO4. The van der Waals surface area contributed by atoms with E-state index in [1.807, 2.05) is 0 Å². The maximum absolute atomic E-state index is 10.2. The van der Waals surface area contributed by atoms with E-state index in [0.717, 1.165) is 55.8 Å². The number of rotatable bonds is 6. The van der Waals surface area contributed by atoms with Crippen LogP contribution in [0.4, 0.5) is 5.69 Å². The van der Waals surface area contributed by atoms with Gasteiger partial charge in [0.25, 0.3) is 0 Å². The van der Waals surface area contributed by atoms with E-state index < -0.39 is 0 Å². The van der Waals surface area contributed by atoms with Crippen molar-refractivity contribution in [3.05, 3.63) is 22.8 Å². The average molecular weight is 277 g/mol. The number of hydrogen-bond donors (Lipinski definition) is 2. The zero-order valence-corrected chi connectivity index (χ0v) is 11.3. The maximum Gasteiger partial charge on any atom is 0.121 e. The van der Waals surface area contributed by atoms with Gasteiger partial charge in [0, 0.05) is 36.6 Å². The Labute approximate surface area is 117 Å². The van der Waals surface area contributed by atoms with Crippen LogP contribution in [0.25, 0.3) is 0 Å². The molecule has 3 saturated heterocycles. The molecule has 20 heavy (non-hydrogen) atoms. The number of phenols is 1. The molecule has 0 radical (unpaired) electrons. The molecule has 5 nitrogen and oxygen atoms in total. The summed E-state index contributed by atoms with van der Waals surface area (Å²) in [4.78, 5) is 0. The molecule has 1 aromatic carbocycles. The Balaban J connectivity index is 1.72. The molecule has 3 atom stereocenters. The van der Waals surface area contributed by atoms with E-state index in [0.29, 0.717) is 5.69 Å². The van der Waals surface area contributed by atoms with Crippen molar-refractivity contribution in [1.82, 2.24) is 0 Å². The van der Waals surface area contributed by atoms with Crippen LogP contribution in [-0.2, 0) is 33.5 Å². The van der Waals surface area contributed by atoms with Gasteiger partial charge in [-0.15, -0.1) is 0 Å². The summed E-state index contributed by atoms with van der Waals surface area (Å²) >= 11 is 0. The zero-order chi connectivity index (χ0) is 13.7. The number of aromatic hydroxyl groups is 1. The topological polar surface area (TPSA) is 83.8 Å². The lowest BCUT2D eigenvalue weighted by Crippen LogP contribution is -2.11. The summed E-state index contributed by atoms with van der Waals surface area (Å²) < 4.78 is 16.0. The van der Waals surface area contributed by atoms with Gasteiger partial charge >= 0.3 is 0 Å². The smallest absolute Gasteiger partial charge is 0.121 e. The van der Waals surface area contributed by atoms with Crippen LogP contribution >= 0.6 is 0 Å². The minimum absolute atomic E-state index is 0.244. The van der Waals surface area contributed by atoms with E-state index in [1.165, 1.54) is 0 Å². The molecule has 4 rings (SSSR count). The number of nitrogens with two attached hydrogens (primary N) is 1. The van der Waals surface area contributed by atoms with Gasteiger partial charge in [-0.25, -0.2) is 0 Å². The van der Waals surface area contributed by atoms with E-state index in [-0.39, 0.29) is 24.1 Å². The molecule has 108 valence electrons. The van der Waals surface area contributed by atoms with Crippen LogP contribution in [0.3, 0.4) is 0 Å². The van der Waals surface area contributed by atoms with Crippen molar-refractivity contribution < 1.29 is 19.3 Å². The lowest BCUT2D eigenvalue weighted by molar-refractivity contribution is 0.393. The number of hydrogen-bond acceptors (Lipinski definition) is 5. The van der Waals surface area contributed by atoms with Crippen LogP contribution in [0, 0.1) is 0 Å². The number of phenolic OH excluding ortho intramolecular Hbond substituents is 1. The number of nitrogen functional groups attached to an aromatic ring is 1. The largest absolute Gasteiger partial charge is 0.508 e. The standard InChI is InChI=1S/C15H19NO4/c16-14-4-15(17)13(3-10-7-20-10)11(1-8-5-18-8)12(14)2-9-6-19-9/h4,8-10,17H,1-3,5-7,16H2. The number of ether oxygens (including phenoxy) is 3. The van der Waals surface area contributed by atoms with E-state index in [4.69, 9.17) is 19.9 Å². The molecule has 3 N–H and O–H groups in total. The number of anilines is 1. The molecule has 0 aromatic heterocycles. The first-order valence-electron chi connectivity index (χ1n) is 7.17. The molecular weight excluding hydrogens is 258 g/mol. The SMILES string of the molecule is Nc1cc(O)c(CC2CO2)c(CC2CO2)c1CC1CO1. The molecule has 0 spiro atoms. The minimum atomic E-state index is 0.244. The third-order valence-corrected chi connectivity index (χ3v) is 4.18. The van der Waals surface area contributed by atoms with Crippen molar-refractivity contribution in [2.24, 2.45) is 0 Å². The van der Waals surface area contributed by atoms with Crippen LogP contribution in [0.5, 0.6) is 5.75 Å². The Bertz CT molecular complexity index is 495. The predicted molar refractivity (Wildman–Crippen MR) is 72.9 cm³/mol. The van der Waals surface area contributed by atoms with Gasteiger partial charge in [0.15, 0.2) is 0 Å². The van der Waals surface area contributed by atoms with E-state index in [1.54, 1.807) is 6.07 Å². The summed E-state index contributed by atoms with van der Waals surface area (Å²) in [5.74, 6) is 0.286. The summed E-state index contributed by atoms with van der Waals surface area (Å²) in [5.41, 5.74) is 10.0. The Morgan fingerprint density at radius 3 is 1.85 bits per heavy atom. The van der Waals surface area contributed by atoms with Crippen molar-refractivity contribution >= 4 is 5.69 Å². The summed E-state index contributed by atoms with van der Waals surface area (Å²) in [6.07, 6.45) is 3.20. The van der Waals surface area contributed by atoms with Crippen LogP contribution in [0.1, 0.15) is 16.7 Å². The number of epoxide rings is 3. The van der Waals surface area contributed by atoms with Crippen molar-refractivity contribution in [1.29, 1.82) is 0 Å². The molecule has 3 heterocycles. The fourth-order valence-corrected chi connectivity index (χ4v) is 2.79. The first kappa shape index (κ1) is 12.4. The molecule has 0 saturated carbocycles. The zero-order valence-electron chi connectivity index (χ0n) is 11.3. The highest BCUT2D eigenvalue weighted by Crippen LogP contribution is 2.37. The Morgan fingerprint density at radius 1 is 0.900 bits per heavy atom. The van der Waals surface area contributed by atoms with Crippen molar-refractivity contribution in [2.45, 2.75) is 37.6 Å². The fourth-order valence-electron chi connectivity index (χ4n) is 2.79. The second-order valence-electron chi connectivity index (χ2n) is 5.90. The van der Waals surface area contributed by atoms with Crippen LogP contribution in [-0.4, -0.2) is 43.2 Å². The van der Waals surface area contributed by atoms with Gasteiger partial charge in [-0.3, -0.25) is 0 Å². The highest BCUT2D eigenvalue weighted by molar-refractivity contribution is 5.60. The van der Waals surface area contributed by atoms with Crippen molar-refractivity contribution in [2.75, 3.05) is 25.6 Å². The highest BCUT2D eigenvalue weighted by Gasteiger charge is 2.33. The van der Waals surface area contributed by atoms with E-state index >= 15 is 0 Å². The van der Waals surface area contributed by atoms with E-state index in [2.05, 4.69) is 0 Å². The highest BCUT2D eigenvalue weighted by atomic mass is 16.6. The first-order valence-corrected chi connectivity index (χ1v) is 7.17. The first-order chi connectivity index (χ1) is 9.70. The van der Waals surface area contributed by atoms with Gasteiger partial charge in [0.2, 0.25) is 0 Å². The van der Waals surface area contributed by atoms with Crippen molar-refractivity contribution in [3.63, 3.8) is 0 Å². The fraction of sp³-hybridized carbons (Fsp3) is 0.600. The molecule has 0 bridgehead atoms. The van der Waals surface area contributed by atoms with Gasteiger partial charge in [-0.1, -0.05) is 0 Å². The second-order valence-corrected chi connectivity index (χ2v) is 5.90. The Morgan fingerprint density at radius 2 is 1.35 bits per heavy atom. The normalized spacial score (nSPS) is 30.3. The minimum Gasteiger partial charge on any atom is -0.508 e.